The Hall–Kier alpha value is -0.810. The van der Waals surface area contributed by atoms with Gasteiger partial charge in [-0.1, -0.05) is 11.6 Å². The summed E-state index contributed by atoms with van der Waals surface area (Å²) < 4.78 is 36.5. The van der Waals surface area contributed by atoms with Gasteiger partial charge in [-0.3, -0.25) is 0 Å². The average molecular weight is 212 g/mol. The molecule has 6 heteroatoms. The molecular weight excluding hydrogens is 207 g/mol. The van der Waals surface area contributed by atoms with Gasteiger partial charge < -0.3 is 5.11 Å². The molecule has 72 valence electrons. The first-order valence-electron chi connectivity index (χ1n) is 3.28. The summed E-state index contributed by atoms with van der Waals surface area (Å²) >= 11 is 5.36. The molecule has 1 heterocycles. The number of halogens is 4. The van der Waals surface area contributed by atoms with E-state index in [1.165, 1.54) is 0 Å². The highest BCUT2D eigenvalue weighted by atomic mass is 35.5. The van der Waals surface area contributed by atoms with Crippen molar-refractivity contribution in [3.8, 4) is 0 Å². The Bertz CT molecular complexity index is 313. The van der Waals surface area contributed by atoms with Crippen molar-refractivity contribution in [1.29, 1.82) is 0 Å². The molecule has 0 unspecified atom stereocenters. The topological polar surface area (TPSA) is 33.1 Å². The third kappa shape index (κ3) is 2.32. The van der Waals surface area contributed by atoms with E-state index in [2.05, 4.69) is 4.98 Å². The summed E-state index contributed by atoms with van der Waals surface area (Å²) in [6.07, 6.45) is -4.50. The molecule has 1 aromatic heterocycles. The maximum absolute atomic E-state index is 12.2. The third-order valence-corrected chi connectivity index (χ3v) is 1.61. The van der Waals surface area contributed by atoms with Crippen LogP contribution >= 0.6 is 11.6 Å². The monoisotopic (exact) mass is 211 g/mol. The number of hydrogen-bond donors (Lipinski definition) is 1. The van der Waals surface area contributed by atoms with E-state index in [0.717, 1.165) is 12.1 Å². The highest BCUT2D eigenvalue weighted by Crippen LogP contribution is 2.31. The molecule has 1 rings (SSSR count). The van der Waals surface area contributed by atoms with Gasteiger partial charge in [0.1, 0.15) is 5.15 Å². The highest BCUT2D eigenvalue weighted by Gasteiger charge is 2.33. The molecule has 0 amide bonds. The average Bonchev–Trinajstić information content (AvgIpc) is 2.01. The van der Waals surface area contributed by atoms with Gasteiger partial charge in [0.2, 0.25) is 0 Å². The quantitative estimate of drug-likeness (QED) is 0.723. The lowest BCUT2D eigenvalue weighted by molar-refractivity contribution is -0.139. The number of rotatable bonds is 1. The number of nitrogens with zero attached hydrogens (tertiary/aromatic N) is 1. The second-order valence-corrected chi connectivity index (χ2v) is 2.67. The Kier molecular flexibility index (Phi) is 2.77. The zero-order chi connectivity index (χ0) is 10.1. The molecule has 0 radical (unpaired) electrons. The molecular formula is C7H5ClF3NO. The zero-order valence-electron chi connectivity index (χ0n) is 6.27. The van der Waals surface area contributed by atoms with Gasteiger partial charge in [0, 0.05) is 0 Å². The molecule has 0 aliphatic rings. The molecule has 0 atom stereocenters. The summed E-state index contributed by atoms with van der Waals surface area (Å²) in [5.74, 6) is 0. The van der Waals surface area contributed by atoms with Gasteiger partial charge in [-0.2, -0.15) is 13.2 Å². The molecule has 13 heavy (non-hydrogen) atoms. The Labute approximate surface area is 77.0 Å². The molecule has 0 aromatic carbocycles. The van der Waals surface area contributed by atoms with Crippen LogP contribution in [-0.2, 0) is 12.8 Å². The van der Waals surface area contributed by atoms with Gasteiger partial charge in [0.25, 0.3) is 0 Å². The fourth-order valence-corrected chi connectivity index (χ4v) is 1.02. The number of aliphatic hydroxyl groups excluding tert-OH is 1. The van der Waals surface area contributed by atoms with Gasteiger partial charge in [0.15, 0.2) is 0 Å². The van der Waals surface area contributed by atoms with E-state index in [4.69, 9.17) is 16.7 Å². The Morgan fingerprint density at radius 2 is 2.00 bits per heavy atom. The minimum atomic E-state index is -4.50. The lowest BCUT2D eigenvalue weighted by Crippen LogP contribution is -2.10. The number of hydrogen-bond acceptors (Lipinski definition) is 2. The van der Waals surface area contributed by atoms with E-state index in [9.17, 15) is 13.2 Å². The molecule has 0 aliphatic heterocycles. The van der Waals surface area contributed by atoms with Crippen LogP contribution in [0.4, 0.5) is 13.2 Å². The van der Waals surface area contributed by atoms with Gasteiger partial charge in [-0.15, -0.1) is 0 Å². The lowest BCUT2D eigenvalue weighted by Gasteiger charge is -2.09. The number of pyridine rings is 1. The van der Waals surface area contributed by atoms with Crippen molar-refractivity contribution in [2.75, 3.05) is 0 Å². The van der Waals surface area contributed by atoms with Crippen LogP contribution < -0.4 is 0 Å². The van der Waals surface area contributed by atoms with E-state index < -0.39 is 24.0 Å². The van der Waals surface area contributed by atoms with E-state index in [1.807, 2.05) is 0 Å². The summed E-state index contributed by atoms with van der Waals surface area (Å²) in [4.78, 5) is 3.35. The largest absolute Gasteiger partial charge is 0.418 e. The van der Waals surface area contributed by atoms with Crippen LogP contribution in [-0.4, -0.2) is 10.1 Å². The van der Waals surface area contributed by atoms with E-state index in [-0.39, 0.29) is 5.15 Å². The number of alkyl halides is 3. The SMILES string of the molecule is OCc1nc(Cl)ccc1C(F)(F)F. The number of aromatic nitrogens is 1. The smallest absolute Gasteiger partial charge is 0.390 e. The van der Waals surface area contributed by atoms with Crippen molar-refractivity contribution < 1.29 is 18.3 Å². The normalized spacial score (nSPS) is 11.8. The van der Waals surface area contributed by atoms with Crippen molar-refractivity contribution in [3.63, 3.8) is 0 Å². The van der Waals surface area contributed by atoms with Crippen LogP contribution in [0, 0.1) is 0 Å². The molecule has 1 aromatic rings. The van der Waals surface area contributed by atoms with Crippen molar-refractivity contribution in [2.24, 2.45) is 0 Å². The van der Waals surface area contributed by atoms with Crippen LogP contribution in [0.3, 0.4) is 0 Å². The first-order valence-corrected chi connectivity index (χ1v) is 3.66. The van der Waals surface area contributed by atoms with Gasteiger partial charge >= 0.3 is 6.18 Å². The van der Waals surface area contributed by atoms with Crippen LogP contribution in [0.25, 0.3) is 0 Å². The molecule has 0 saturated heterocycles. The van der Waals surface area contributed by atoms with Crippen LogP contribution in [0.1, 0.15) is 11.3 Å². The van der Waals surface area contributed by atoms with Gasteiger partial charge in [0.05, 0.1) is 17.9 Å². The van der Waals surface area contributed by atoms with E-state index in [0.29, 0.717) is 0 Å². The molecule has 0 spiro atoms. The van der Waals surface area contributed by atoms with Crippen molar-refractivity contribution in [3.05, 3.63) is 28.5 Å². The Balaban J connectivity index is 3.22. The lowest BCUT2D eigenvalue weighted by atomic mass is 10.2. The predicted molar refractivity (Wildman–Crippen MR) is 40.2 cm³/mol. The summed E-state index contributed by atoms with van der Waals surface area (Å²) in [6, 6.07) is 1.82. The highest BCUT2D eigenvalue weighted by molar-refractivity contribution is 6.29. The first kappa shape index (κ1) is 10.3. The van der Waals surface area contributed by atoms with E-state index in [1.54, 1.807) is 0 Å². The van der Waals surface area contributed by atoms with Crippen LogP contribution in [0.15, 0.2) is 12.1 Å². The second kappa shape index (κ2) is 3.51. The van der Waals surface area contributed by atoms with Crippen LogP contribution in [0.2, 0.25) is 5.15 Å². The number of aliphatic hydroxyl groups is 1. The summed E-state index contributed by atoms with van der Waals surface area (Å²) in [6.45, 7) is -0.782. The van der Waals surface area contributed by atoms with Crippen molar-refractivity contribution in [2.45, 2.75) is 12.8 Å². The zero-order valence-corrected chi connectivity index (χ0v) is 7.02. The summed E-state index contributed by atoms with van der Waals surface area (Å²) in [7, 11) is 0. The molecule has 1 N–H and O–H groups in total. The fourth-order valence-electron chi connectivity index (χ4n) is 0.853. The molecule has 0 bridgehead atoms. The summed E-state index contributed by atoms with van der Waals surface area (Å²) in [5.41, 5.74) is -1.42. The van der Waals surface area contributed by atoms with E-state index >= 15 is 0 Å². The maximum Gasteiger partial charge on any atom is 0.418 e. The van der Waals surface area contributed by atoms with Gasteiger partial charge in [-0.25, -0.2) is 4.98 Å². The predicted octanol–water partition coefficient (Wildman–Crippen LogP) is 2.25. The summed E-state index contributed by atoms with van der Waals surface area (Å²) in [5, 5.41) is 8.51. The van der Waals surface area contributed by atoms with Crippen molar-refractivity contribution in [1.82, 2.24) is 4.98 Å². The fraction of sp³-hybridized carbons (Fsp3) is 0.286. The maximum atomic E-state index is 12.2. The molecule has 2 nitrogen and oxygen atoms in total. The van der Waals surface area contributed by atoms with Crippen LogP contribution in [0.5, 0.6) is 0 Å². The molecule has 0 fully saturated rings. The minimum Gasteiger partial charge on any atom is -0.390 e. The minimum absolute atomic E-state index is 0.0722. The standard InChI is InChI=1S/C7H5ClF3NO/c8-6-2-1-4(7(9,10)11)5(3-13)12-6/h1-2,13H,3H2. The first-order chi connectivity index (χ1) is 5.95. The Morgan fingerprint density at radius 1 is 1.38 bits per heavy atom. The van der Waals surface area contributed by atoms with Crippen molar-refractivity contribution >= 4 is 11.6 Å². The molecule has 0 saturated carbocycles. The second-order valence-electron chi connectivity index (χ2n) is 2.28. The van der Waals surface area contributed by atoms with Gasteiger partial charge in [-0.05, 0) is 12.1 Å². The third-order valence-electron chi connectivity index (χ3n) is 1.40. The molecule has 0 aliphatic carbocycles. The Morgan fingerprint density at radius 3 is 2.46 bits per heavy atom.